The molecule has 2 aliphatic heterocycles. The molecule has 3 aromatic rings. The first-order valence-electron chi connectivity index (χ1n) is 16.2. The normalized spacial score (nSPS) is 17.2. The van der Waals surface area contributed by atoms with Crippen molar-refractivity contribution in [2.45, 2.75) is 76.5 Å². The number of halogens is 2. The minimum Gasteiger partial charge on any atom is -0.493 e. The highest BCUT2D eigenvalue weighted by molar-refractivity contribution is 5.86. The van der Waals surface area contributed by atoms with Gasteiger partial charge in [-0.05, 0) is 82.4 Å². The van der Waals surface area contributed by atoms with Gasteiger partial charge in [0.25, 0.3) is 0 Å². The molecule has 0 atom stereocenters. The largest absolute Gasteiger partial charge is 0.493 e. The van der Waals surface area contributed by atoms with E-state index in [4.69, 9.17) is 24.7 Å². The number of carboxylic acids is 1. The Bertz CT molecular complexity index is 1500. The molecule has 11 heteroatoms. The van der Waals surface area contributed by atoms with Gasteiger partial charge in [-0.3, -0.25) is 4.98 Å². The maximum absolute atomic E-state index is 14.5. The lowest BCUT2D eigenvalue weighted by molar-refractivity contribution is 0.0688. The van der Waals surface area contributed by atoms with Crippen LogP contribution in [0.3, 0.4) is 0 Å². The van der Waals surface area contributed by atoms with E-state index in [0.29, 0.717) is 74.0 Å². The molecule has 3 aliphatic rings. The minimum absolute atomic E-state index is 0.0614. The number of aromatic nitrogens is 2. The Morgan fingerprint density at radius 2 is 1.39 bits per heavy atom. The summed E-state index contributed by atoms with van der Waals surface area (Å²) in [4.78, 5) is 20.5. The van der Waals surface area contributed by atoms with E-state index in [9.17, 15) is 18.7 Å². The van der Waals surface area contributed by atoms with Crippen LogP contribution in [-0.4, -0.2) is 60.7 Å². The number of ether oxygens (including phenoxy) is 4. The molecule has 3 fully saturated rings. The first-order chi connectivity index (χ1) is 22.3. The van der Waals surface area contributed by atoms with Crippen molar-refractivity contribution >= 4 is 11.7 Å². The average Bonchev–Trinajstić information content (AvgIpc) is 3.90. The molecule has 6 rings (SSSR count). The number of carboxylic acid groups (broad SMARTS) is 1. The van der Waals surface area contributed by atoms with Crippen LogP contribution < -0.4 is 15.2 Å². The number of carbonyl (C=O) groups is 1. The molecule has 46 heavy (non-hydrogen) atoms. The monoisotopic (exact) mass is 639 g/mol. The predicted molar refractivity (Wildman–Crippen MR) is 169 cm³/mol. The van der Waals surface area contributed by atoms with Crippen molar-refractivity contribution < 1.29 is 37.6 Å². The fraction of sp³-hybridized carbons (Fsp3) is 0.514. The molecule has 248 valence electrons. The summed E-state index contributed by atoms with van der Waals surface area (Å²) in [5, 5.41) is 9.63. The SMILES string of the molecule is CCOc1c(Cc2ncc(C3CC3)nc2C(=O)O)cc(F)cc1C1CCOCC1.CCOc1c(N)cc(F)cc1C1CCOCC1. The number of hydrogen-bond donors (Lipinski definition) is 2. The number of nitrogens with zero attached hydrogens (tertiary/aromatic N) is 2. The maximum Gasteiger partial charge on any atom is 0.356 e. The van der Waals surface area contributed by atoms with E-state index in [1.54, 1.807) is 6.20 Å². The van der Waals surface area contributed by atoms with Crippen LogP contribution in [0.25, 0.3) is 0 Å². The summed E-state index contributed by atoms with van der Waals surface area (Å²) in [7, 11) is 0. The van der Waals surface area contributed by atoms with Crippen LogP contribution in [0.1, 0.15) is 109 Å². The Labute approximate surface area is 268 Å². The standard InChI is InChI=1S/C22H25FN2O4.C13H18FNO2/c1-2-29-21-15(9-16(23)11-17(21)13-5-7-28-8-6-13)10-18-20(22(26)27)25-19(12-24-18)14-3-4-14;1-2-17-13-11(7-10(14)8-12(13)15)9-3-5-16-6-4-9/h9,11-14H,2-8,10H2,1H3,(H,26,27);7-9H,2-6,15H2,1H3. The zero-order chi connectivity index (χ0) is 32.6. The molecule has 3 N–H and O–H groups in total. The Kier molecular flexibility index (Phi) is 11.4. The summed E-state index contributed by atoms with van der Waals surface area (Å²) in [6.07, 6.45) is 7.23. The van der Waals surface area contributed by atoms with Crippen LogP contribution in [0, 0.1) is 11.6 Å². The summed E-state index contributed by atoms with van der Waals surface area (Å²) in [5.74, 6) is 0.241. The molecule has 9 nitrogen and oxygen atoms in total. The number of rotatable bonds is 10. The number of aromatic carboxylic acids is 1. The zero-order valence-corrected chi connectivity index (χ0v) is 26.5. The molecule has 1 aliphatic carbocycles. The molecule has 0 radical (unpaired) electrons. The minimum atomic E-state index is -1.12. The summed E-state index contributed by atoms with van der Waals surface area (Å²) >= 11 is 0. The molecule has 0 bridgehead atoms. The summed E-state index contributed by atoms with van der Waals surface area (Å²) in [6.45, 7) is 7.46. The van der Waals surface area contributed by atoms with Gasteiger partial charge in [0.15, 0.2) is 5.69 Å². The Hall–Kier alpha value is -3.83. The molecule has 0 spiro atoms. The third kappa shape index (κ3) is 8.30. The third-order valence-corrected chi connectivity index (χ3v) is 8.59. The molecule has 2 saturated heterocycles. The molecule has 1 aromatic heterocycles. The Balaban J connectivity index is 0.000000209. The highest BCUT2D eigenvalue weighted by atomic mass is 19.1. The molecule has 0 amide bonds. The number of nitrogen functional groups attached to an aromatic ring is 1. The van der Waals surface area contributed by atoms with Crippen LogP contribution in [0.15, 0.2) is 30.5 Å². The molecular formula is C35H43F2N3O6. The molecular weight excluding hydrogens is 596 g/mol. The second-order valence-electron chi connectivity index (χ2n) is 11.9. The van der Waals surface area contributed by atoms with Gasteiger partial charge in [0.05, 0.1) is 30.3 Å². The lowest BCUT2D eigenvalue weighted by atomic mass is 9.88. The average molecular weight is 640 g/mol. The van der Waals surface area contributed by atoms with E-state index in [0.717, 1.165) is 55.3 Å². The van der Waals surface area contributed by atoms with Crippen LogP contribution in [0.4, 0.5) is 14.5 Å². The second kappa shape index (κ2) is 15.6. The van der Waals surface area contributed by atoms with E-state index in [-0.39, 0.29) is 35.6 Å². The van der Waals surface area contributed by atoms with Gasteiger partial charge in [0.2, 0.25) is 0 Å². The van der Waals surface area contributed by atoms with Crippen LogP contribution in [0.2, 0.25) is 0 Å². The van der Waals surface area contributed by atoms with Gasteiger partial charge in [0.1, 0.15) is 23.1 Å². The first-order valence-corrected chi connectivity index (χ1v) is 16.2. The smallest absolute Gasteiger partial charge is 0.356 e. The first kappa shape index (κ1) is 33.5. The van der Waals surface area contributed by atoms with Crippen molar-refractivity contribution in [3.8, 4) is 11.5 Å². The maximum atomic E-state index is 14.5. The lowest BCUT2D eigenvalue weighted by Crippen LogP contribution is -2.16. The number of anilines is 1. The van der Waals surface area contributed by atoms with Gasteiger partial charge in [-0.2, -0.15) is 0 Å². The molecule has 1 saturated carbocycles. The highest BCUT2D eigenvalue weighted by Gasteiger charge is 2.29. The number of nitrogens with two attached hydrogens (primary N) is 1. The fourth-order valence-corrected chi connectivity index (χ4v) is 6.18. The van der Waals surface area contributed by atoms with E-state index < -0.39 is 5.97 Å². The van der Waals surface area contributed by atoms with Crippen molar-refractivity contribution in [1.29, 1.82) is 0 Å². The van der Waals surface area contributed by atoms with Crippen molar-refractivity contribution in [3.05, 3.63) is 75.9 Å². The van der Waals surface area contributed by atoms with Crippen molar-refractivity contribution in [2.75, 3.05) is 45.4 Å². The Morgan fingerprint density at radius 3 is 1.93 bits per heavy atom. The lowest BCUT2D eigenvalue weighted by Gasteiger charge is -2.26. The number of hydrogen-bond acceptors (Lipinski definition) is 8. The van der Waals surface area contributed by atoms with E-state index in [1.165, 1.54) is 24.3 Å². The van der Waals surface area contributed by atoms with Crippen LogP contribution >= 0.6 is 0 Å². The van der Waals surface area contributed by atoms with Crippen LogP contribution in [0.5, 0.6) is 11.5 Å². The summed E-state index contributed by atoms with van der Waals surface area (Å²) in [5.41, 5.74) is 9.49. The van der Waals surface area contributed by atoms with Gasteiger partial charge in [-0.25, -0.2) is 18.6 Å². The van der Waals surface area contributed by atoms with Gasteiger partial charge >= 0.3 is 5.97 Å². The van der Waals surface area contributed by atoms with E-state index >= 15 is 0 Å². The van der Waals surface area contributed by atoms with E-state index in [2.05, 4.69) is 9.97 Å². The van der Waals surface area contributed by atoms with Gasteiger partial charge < -0.3 is 29.8 Å². The second-order valence-corrected chi connectivity index (χ2v) is 11.9. The van der Waals surface area contributed by atoms with Gasteiger partial charge in [0, 0.05) is 67.7 Å². The molecule has 3 heterocycles. The summed E-state index contributed by atoms with van der Waals surface area (Å²) < 4.78 is 50.2. The molecule has 0 unspecified atom stereocenters. The van der Waals surface area contributed by atoms with Crippen LogP contribution in [-0.2, 0) is 15.9 Å². The fourth-order valence-electron chi connectivity index (χ4n) is 6.18. The third-order valence-electron chi connectivity index (χ3n) is 8.59. The van der Waals surface area contributed by atoms with Crippen molar-refractivity contribution in [3.63, 3.8) is 0 Å². The van der Waals surface area contributed by atoms with Gasteiger partial charge in [-0.15, -0.1) is 0 Å². The highest BCUT2D eigenvalue weighted by Crippen LogP contribution is 2.41. The summed E-state index contributed by atoms with van der Waals surface area (Å²) in [6, 6.07) is 5.80. The predicted octanol–water partition coefficient (Wildman–Crippen LogP) is 6.78. The zero-order valence-electron chi connectivity index (χ0n) is 26.5. The van der Waals surface area contributed by atoms with Gasteiger partial charge in [-0.1, -0.05) is 0 Å². The molecule has 2 aromatic carbocycles. The quantitative estimate of drug-likeness (QED) is 0.231. The van der Waals surface area contributed by atoms with E-state index in [1.807, 2.05) is 13.8 Å². The van der Waals surface area contributed by atoms with Crippen molar-refractivity contribution in [1.82, 2.24) is 9.97 Å². The number of benzene rings is 2. The topological polar surface area (TPSA) is 126 Å². The van der Waals surface area contributed by atoms with Crippen molar-refractivity contribution in [2.24, 2.45) is 0 Å². The Morgan fingerprint density at radius 1 is 0.848 bits per heavy atom.